The van der Waals surface area contributed by atoms with Crippen LogP contribution >= 0.6 is 0 Å². The van der Waals surface area contributed by atoms with Gasteiger partial charge in [-0.1, -0.05) is 25.1 Å². The van der Waals surface area contributed by atoms with Crippen molar-refractivity contribution in [3.63, 3.8) is 0 Å². The van der Waals surface area contributed by atoms with Gasteiger partial charge in [0, 0.05) is 11.9 Å². The van der Waals surface area contributed by atoms with Crippen molar-refractivity contribution < 1.29 is 14.3 Å². The Labute approximate surface area is 165 Å². The van der Waals surface area contributed by atoms with Crippen molar-refractivity contribution in [2.45, 2.75) is 26.3 Å². The lowest BCUT2D eigenvalue weighted by Gasteiger charge is -2.16. The molecule has 0 saturated heterocycles. The standard InChI is InChI=1S/C22H25N3O3/c1-5-16-6-9-19(10-7-16)24-14-18(13-23)22(26)25-15(2)17-8-11-20(27-3)21(12-17)28-4/h6-12,14-15,24H,5H2,1-4H3,(H,25,26)/b18-14-. The number of carbonyl (C=O) groups is 1. The molecule has 2 aromatic rings. The maximum Gasteiger partial charge on any atom is 0.263 e. The third kappa shape index (κ3) is 5.27. The first-order valence-electron chi connectivity index (χ1n) is 9.00. The van der Waals surface area contributed by atoms with Crippen LogP contribution in [0.15, 0.2) is 54.2 Å². The van der Waals surface area contributed by atoms with E-state index in [0.717, 1.165) is 17.7 Å². The van der Waals surface area contributed by atoms with E-state index in [-0.39, 0.29) is 11.6 Å². The van der Waals surface area contributed by atoms with Gasteiger partial charge in [0.05, 0.1) is 20.3 Å². The van der Waals surface area contributed by atoms with Crippen LogP contribution in [0.2, 0.25) is 0 Å². The van der Waals surface area contributed by atoms with Crippen molar-refractivity contribution in [2.75, 3.05) is 19.5 Å². The molecule has 0 aliphatic heterocycles. The topological polar surface area (TPSA) is 83.4 Å². The van der Waals surface area contributed by atoms with Crippen molar-refractivity contribution in [1.82, 2.24) is 5.32 Å². The number of hydrogen-bond acceptors (Lipinski definition) is 5. The Bertz CT molecular complexity index is 883. The first-order chi connectivity index (χ1) is 13.5. The van der Waals surface area contributed by atoms with E-state index in [2.05, 4.69) is 17.6 Å². The number of amides is 1. The van der Waals surface area contributed by atoms with Crippen LogP contribution in [-0.4, -0.2) is 20.1 Å². The first-order valence-corrected chi connectivity index (χ1v) is 9.00. The van der Waals surface area contributed by atoms with Crippen molar-refractivity contribution in [3.05, 3.63) is 65.4 Å². The molecule has 1 atom stereocenters. The average Bonchev–Trinajstić information content (AvgIpc) is 2.73. The summed E-state index contributed by atoms with van der Waals surface area (Å²) >= 11 is 0. The zero-order valence-electron chi connectivity index (χ0n) is 16.6. The highest BCUT2D eigenvalue weighted by Gasteiger charge is 2.15. The molecule has 0 heterocycles. The zero-order valence-corrected chi connectivity index (χ0v) is 16.6. The van der Waals surface area contributed by atoms with Crippen LogP contribution in [-0.2, 0) is 11.2 Å². The summed E-state index contributed by atoms with van der Waals surface area (Å²) < 4.78 is 10.5. The van der Waals surface area contributed by atoms with E-state index in [0.29, 0.717) is 11.5 Å². The van der Waals surface area contributed by atoms with Gasteiger partial charge in [0.1, 0.15) is 11.6 Å². The highest BCUT2D eigenvalue weighted by molar-refractivity contribution is 5.97. The van der Waals surface area contributed by atoms with Crippen molar-refractivity contribution >= 4 is 11.6 Å². The van der Waals surface area contributed by atoms with Crippen molar-refractivity contribution in [1.29, 1.82) is 5.26 Å². The number of anilines is 1. The first kappa shape index (κ1) is 20.8. The molecule has 0 aliphatic carbocycles. The maximum atomic E-state index is 12.5. The summed E-state index contributed by atoms with van der Waals surface area (Å²) in [4.78, 5) is 12.5. The Morgan fingerprint density at radius 1 is 1.14 bits per heavy atom. The molecule has 1 unspecified atom stereocenters. The number of rotatable bonds is 8. The molecule has 146 valence electrons. The lowest BCUT2D eigenvalue weighted by molar-refractivity contribution is -0.117. The third-order valence-corrected chi connectivity index (χ3v) is 4.37. The molecular formula is C22H25N3O3. The third-order valence-electron chi connectivity index (χ3n) is 4.37. The second kappa shape index (κ2) is 10.0. The van der Waals surface area contributed by atoms with E-state index in [1.165, 1.54) is 11.8 Å². The second-order valence-corrected chi connectivity index (χ2v) is 6.17. The van der Waals surface area contributed by atoms with Gasteiger partial charge in [-0.25, -0.2) is 0 Å². The van der Waals surface area contributed by atoms with Gasteiger partial charge in [-0.3, -0.25) is 4.79 Å². The molecular weight excluding hydrogens is 354 g/mol. The molecule has 0 spiro atoms. The van der Waals surface area contributed by atoms with Crippen molar-refractivity contribution in [3.8, 4) is 17.6 Å². The summed E-state index contributed by atoms with van der Waals surface area (Å²) in [6.07, 6.45) is 2.37. The molecule has 2 rings (SSSR count). The smallest absolute Gasteiger partial charge is 0.263 e. The SMILES string of the molecule is CCc1ccc(N/C=C(/C#N)C(=O)NC(C)c2ccc(OC)c(OC)c2)cc1. The summed E-state index contributed by atoms with van der Waals surface area (Å²) in [5.41, 5.74) is 2.86. The molecule has 0 bridgehead atoms. The number of nitriles is 1. The molecule has 6 nitrogen and oxygen atoms in total. The monoisotopic (exact) mass is 379 g/mol. The van der Waals surface area contributed by atoms with Crippen LogP contribution in [0.1, 0.15) is 31.0 Å². The van der Waals surface area contributed by atoms with Crippen LogP contribution in [0.4, 0.5) is 5.69 Å². The van der Waals surface area contributed by atoms with E-state index >= 15 is 0 Å². The predicted molar refractivity (Wildman–Crippen MR) is 109 cm³/mol. The van der Waals surface area contributed by atoms with E-state index < -0.39 is 5.91 Å². The minimum atomic E-state index is -0.456. The molecule has 0 saturated carbocycles. The van der Waals surface area contributed by atoms with E-state index in [4.69, 9.17) is 9.47 Å². The number of hydrogen-bond donors (Lipinski definition) is 2. The van der Waals surface area contributed by atoms with Gasteiger partial charge < -0.3 is 20.1 Å². The summed E-state index contributed by atoms with van der Waals surface area (Å²) in [7, 11) is 3.12. The highest BCUT2D eigenvalue weighted by Crippen LogP contribution is 2.29. The van der Waals surface area contributed by atoms with Crippen LogP contribution in [0.25, 0.3) is 0 Å². The van der Waals surface area contributed by atoms with Crippen LogP contribution in [0, 0.1) is 11.3 Å². The molecule has 0 radical (unpaired) electrons. The Hall–Kier alpha value is -3.46. The van der Waals surface area contributed by atoms with Gasteiger partial charge in [0.25, 0.3) is 5.91 Å². The van der Waals surface area contributed by atoms with Crippen LogP contribution in [0.3, 0.4) is 0 Å². The van der Waals surface area contributed by atoms with Gasteiger partial charge in [-0.05, 0) is 48.7 Å². The molecule has 0 aromatic heterocycles. The number of benzene rings is 2. The Balaban J connectivity index is 2.07. The highest BCUT2D eigenvalue weighted by atomic mass is 16.5. The molecule has 1 amide bonds. The summed E-state index contributed by atoms with van der Waals surface area (Å²) in [5, 5.41) is 15.2. The number of nitrogens with one attached hydrogen (secondary N) is 2. The Morgan fingerprint density at radius 3 is 2.39 bits per heavy atom. The summed E-state index contributed by atoms with van der Waals surface area (Å²) in [5.74, 6) is 0.734. The summed E-state index contributed by atoms with van der Waals surface area (Å²) in [6, 6.07) is 14.9. The Morgan fingerprint density at radius 2 is 1.82 bits per heavy atom. The Kier molecular flexibility index (Phi) is 7.46. The predicted octanol–water partition coefficient (Wildman–Crippen LogP) is 3.96. The maximum absolute atomic E-state index is 12.5. The fourth-order valence-electron chi connectivity index (χ4n) is 2.62. The van der Waals surface area contributed by atoms with Crippen molar-refractivity contribution in [2.24, 2.45) is 0 Å². The van der Waals surface area contributed by atoms with Crippen LogP contribution in [0.5, 0.6) is 11.5 Å². The zero-order chi connectivity index (χ0) is 20.5. The normalized spacial score (nSPS) is 11.9. The van der Waals surface area contributed by atoms with Gasteiger partial charge in [0.2, 0.25) is 0 Å². The van der Waals surface area contributed by atoms with Gasteiger partial charge in [-0.2, -0.15) is 5.26 Å². The largest absolute Gasteiger partial charge is 0.493 e. The lowest BCUT2D eigenvalue weighted by Crippen LogP contribution is -2.28. The fourth-order valence-corrected chi connectivity index (χ4v) is 2.62. The molecule has 2 aromatic carbocycles. The quantitative estimate of drug-likeness (QED) is 0.536. The van der Waals surface area contributed by atoms with Gasteiger partial charge in [0.15, 0.2) is 11.5 Å². The van der Waals surface area contributed by atoms with E-state index in [1.807, 2.05) is 43.3 Å². The molecule has 0 fully saturated rings. The number of methoxy groups -OCH3 is 2. The average molecular weight is 379 g/mol. The molecule has 6 heteroatoms. The van der Waals surface area contributed by atoms with E-state index in [9.17, 15) is 10.1 Å². The molecule has 28 heavy (non-hydrogen) atoms. The van der Waals surface area contributed by atoms with Crippen LogP contribution < -0.4 is 20.1 Å². The lowest BCUT2D eigenvalue weighted by atomic mass is 10.1. The number of ether oxygens (including phenoxy) is 2. The number of nitrogens with zero attached hydrogens (tertiary/aromatic N) is 1. The second-order valence-electron chi connectivity index (χ2n) is 6.17. The molecule has 0 aliphatic rings. The minimum absolute atomic E-state index is 0.00750. The minimum Gasteiger partial charge on any atom is -0.493 e. The molecule has 2 N–H and O–H groups in total. The number of carbonyl (C=O) groups excluding carboxylic acids is 1. The fraction of sp³-hybridized carbons (Fsp3) is 0.273. The van der Waals surface area contributed by atoms with Gasteiger partial charge >= 0.3 is 0 Å². The van der Waals surface area contributed by atoms with Gasteiger partial charge in [-0.15, -0.1) is 0 Å². The van der Waals surface area contributed by atoms with E-state index in [1.54, 1.807) is 26.4 Å². The summed E-state index contributed by atoms with van der Waals surface area (Å²) in [6.45, 7) is 3.92. The number of aryl methyl sites for hydroxylation is 1.